The van der Waals surface area contributed by atoms with Gasteiger partial charge >= 0.3 is 11.8 Å². The van der Waals surface area contributed by atoms with Crippen LogP contribution in [0.4, 0.5) is 11.5 Å². The van der Waals surface area contributed by atoms with E-state index in [-0.39, 0.29) is 24.7 Å². The average molecular weight is 885 g/mol. The summed E-state index contributed by atoms with van der Waals surface area (Å²) >= 11 is 4.68. The number of allylic oxidation sites excluding steroid dienone is 6. The molecule has 15 heteroatoms. The van der Waals surface area contributed by atoms with Crippen molar-refractivity contribution in [3.05, 3.63) is 81.6 Å². The van der Waals surface area contributed by atoms with Crippen molar-refractivity contribution < 1.29 is 47.9 Å². The number of aryl methyl sites for hydroxylation is 2. The second-order valence-electron chi connectivity index (χ2n) is 15.3. The summed E-state index contributed by atoms with van der Waals surface area (Å²) in [4.78, 5) is 49.6. The first-order valence-electron chi connectivity index (χ1n) is 19.9. The number of hydrogen-bond donors (Lipinski definition) is 1. The second kappa shape index (κ2) is 21.0. The first-order valence-corrected chi connectivity index (χ1v) is 21.4. The minimum absolute atomic E-state index is 0.0613. The average Bonchev–Trinajstić information content (AvgIpc) is 3.76. The fourth-order valence-electron chi connectivity index (χ4n) is 7.94. The molecule has 5 rings (SSSR count). The Morgan fingerprint density at radius 3 is 2.40 bits per heavy atom. The van der Waals surface area contributed by atoms with Gasteiger partial charge in [0.2, 0.25) is 0 Å². The van der Waals surface area contributed by atoms with E-state index in [0.717, 1.165) is 94.1 Å². The summed E-state index contributed by atoms with van der Waals surface area (Å²) in [5.41, 5.74) is 5.70. The van der Waals surface area contributed by atoms with Crippen molar-refractivity contribution in [3.8, 4) is 0 Å². The minimum Gasteiger partial charge on any atom is -0.385 e. The number of hydrogen-bond acceptors (Lipinski definition) is 12. The number of unbranched alkanes of at least 4 members (excludes halogenated alkanes) is 3. The van der Waals surface area contributed by atoms with Gasteiger partial charge in [-0.15, -0.1) is 9.40 Å². The Labute approximate surface area is 354 Å². The van der Waals surface area contributed by atoms with Gasteiger partial charge in [-0.2, -0.15) is 0 Å². The maximum Gasteiger partial charge on any atom is 0.333 e. The predicted molar refractivity (Wildman–Crippen MR) is 225 cm³/mol. The molecule has 2 unspecified atom stereocenters. The van der Waals surface area contributed by atoms with Gasteiger partial charge in [0.05, 0.1) is 34.0 Å². The van der Waals surface area contributed by atoms with Crippen molar-refractivity contribution >= 4 is 63.0 Å². The molecule has 0 bridgehead atoms. The number of hydroxylamine groups is 2. The maximum absolute atomic E-state index is 12.5. The highest BCUT2D eigenvalue weighted by Gasteiger charge is 2.46. The van der Waals surface area contributed by atoms with Gasteiger partial charge in [-0.05, 0) is 115 Å². The van der Waals surface area contributed by atoms with Crippen molar-refractivity contribution in [1.29, 1.82) is 0 Å². The van der Waals surface area contributed by atoms with Crippen LogP contribution in [0.3, 0.4) is 0 Å². The lowest BCUT2D eigenvalue weighted by Gasteiger charge is -2.30. The summed E-state index contributed by atoms with van der Waals surface area (Å²) in [6.07, 6.45) is 18.4. The highest BCUT2D eigenvalue weighted by atomic mass is 79.9. The van der Waals surface area contributed by atoms with Crippen LogP contribution in [0, 0.1) is 6.92 Å². The van der Waals surface area contributed by atoms with Crippen LogP contribution in [-0.2, 0) is 55.4 Å². The van der Waals surface area contributed by atoms with Crippen LogP contribution in [0.2, 0.25) is 0 Å². The quantitative estimate of drug-likeness (QED) is 0.0231. The summed E-state index contributed by atoms with van der Waals surface area (Å²) in [6, 6.07) is 6.25. The van der Waals surface area contributed by atoms with E-state index in [2.05, 4.69) is 94.7 Å². The zero-order chi connectivity index (χ0) is 41.9. The van der Waals surface area contributed by atoms with Gasteiger partial charge in [0, 0.05) is 74.9 Å². The fourth-order valence-corrected chi connectivity index (χ4v) is 8.91. The first kappa shape index (κ1) is 45.4. The fraction of sp³-hybridized carbons (Fsp3) is 0.512. The lowest BCUT2D eigenvalue weighted by atomic mass is 9.77. The molecule has 58 heavy (non-hydrogen) atoms. The van der Waals surface area contributed by atoms with E-state index < -0.39 is 23.2 Å². The number of aliphatic imine (C=N–C) groups is 1. The monoisotopic (exact) mass is 883 g/mol. The molecule has 4 heterocycles. The first-order chi connectivity index (χ1) is 27.9. The molecule has 2 aromatic rings. The number of nitrogens with zero attached hydrogens (tertiary/aromatic N) is 4. The molecule has 0 radical (unpaired) electrons. The van der Waals surface area contributed by atoms with Crippen molar-refractivity contribution in [1.82, 2.24) is 5.06 Å². The van der Waals surface area contributed by atoms with Crippen LogP contribution >= 0.6 is 28.0 Å². The smallest absolute Gasteiger partial charge is 0.333 e. The number of amides is 2. The molecule has 0 aliphatic carbocycles. The number of carbonyl (C=O) groups is 3. The standard InChI is InChI=1S/C43H55BrN4O9S/c1-7-8-22-46-29-31(44)27-34-41(46)45-35(42(34,3)20-24-53-5)15-11-9-12-16-36-43(4,21-25-54-6)33-28-32(58-57-56-52)26-30(2)40(33)47(36)23-14-10-13-17-39(51)55-48-37(49)18-19-38(48)50/h9,11-12,15-16,26-29H,7-8,10,13-14,17-25H2,1-6H3/p+1. The number of benzene rings is 1. The molecular formula is C43H56BrN4O9S+. The van der Waals surface area contributed by atoms with E-state index in [1.165, 1.54) is 5.56 Å². The van der Waals surface area contributed by atoms with Gasteiger partial charge in [0.15, 0.2) is 5.71 Å². The molecule has 314 valence electrons. The van der Waals surface area contributed by atoms with E-state index in [1.807, 2.05) is 18.2 Å². The van der Waals surface area contributed by atoms with Crippen LogP contribution in [0.1, 0.15) is 102 Å². The Hall–Kier alpha value is -3.70. The Bertz CT molecular complexity index is 1940. The normalized spacial score (nSPS) is 21.0. The number of ether oxygens (including phenoxy) is 2. The molecule has 1 aromatic heterocycles. The van der Waals surface area contributed by atoms with E-state index >= 15 is 0 Å². The molecule has 2 amide bonds. The van der Waals surface area contributed by atoms with Crippen LogP contribution in [0.25, 0.3) is 0 Å². The van der Waals surface area contributed by atoms with Gasteiger partial charge in [0.1, 0.15) is 6.20 Å². The Kier molecular flexibility index (Phi) is 16.4. The van der Waals surface area contributed by atoms with E-state index in [0.29, 0.717) is 37.7 Å². The highest BCUT2D eigenvalue weighted by molar-refractivity contribution is 9.10. The molecule has 0 spiro atoms. The SMILES string of the molecule is CCCC[n+]1cc(Br)cc2c1N=C(/C=C/C=C/C=C1/N(CCCCCC(=O)ON3C(=O)CCC3=O)c3c(C)cc(SOOO)cc3C1(C)CCOC)C2(C)CCOC. The minimum atomic E-state index is -0.592. The zero-order valence-electron chi connectivity index (χ0n) is 34.4. The van der Waals surface area contributed by atoms with Gasteiger partial charge < -0.3 is 19.2 Å². The number of aromatic nitrogens is 1. The third-order valence-corrected chi connectivity index (χ3v) is 12.2. The molecular weight excluding hydrogens is 828 g/mol. The Morgan fingerprint density at radius 2 is 1.71 bits per heavy atom. The lowest BCUT2D eigenvalue weighted by Crippen LogP contribution is -2.36. The molecule has 2 atom stereocenters. The number of pyridine rings is 1. The topological polar surface area (TPSA) is 140 Å². The number of anilines is 1. The summed E-state index contributed by atoms with van der Waals surface area (Å²) in [5.74, 6) is -0.569. The van der Waals surface area contributed by atoms with Gasteiger partial charge in [0.25, 0.3) is 11.8 Å². The molecule has 3 aliphatic heterocycles. The summed E-state index contributed by atoms with van der Waals surface area (Å²) in [5, 5.41) is 13.4. The molecule has 3 aliphatic rings. The van der Waals surface area contributed by atoms with Crippen LogP contribution in [0.15, 0.2) is 74.8 Å². The molecule has 13 nitrogen and oxygen atoms in total. The van der Waals surface area contributed by atoms with E-state index in [1.54, 1.807) is 14.2 Å². The Balaban J connectivity index is 1.40. The van der Waals surface area contributed by atoms with Crippen molar-refractivity contribution in [2.24, 2.45) is 4.99 Å². The summed E-state index contributed by atoms with van der Waals surface area (Å²) in [7, 11) is 3.43. The van der Waals surface area contributed by atoms with E-state index in [4.69, 9.17) is 28.9 Å². The number of halogens is 1. The van der Waals surface area contributed by atoms with Crippen LogP contribution in [-0.4, -0.2) is 67.8 Å². The second-order valence-corrected chi connectivity index (χ2v) is 16.9. The zero-order valence-corrected chi connectivity index (χ0v) is 36.8. The molecule has 1 N–H and O–H groups in total. The number of imide groups is 1. The van der Waals surface area contributed by atoms with Crippen LogP contribution in [0.5, 0.6) is 0 Å². The largest absolute Gasteiger partial charge is 0.385 e. The predicted octanol–water partition coefficient (Wildman–Crippen LogP) is 8.63. The number of fused-ring (bicyclic) bond motifs is 2. The third kappa shape index (κ3) is 10.4. The molecule has 1 saturated heterocycles. The van der Waals surface area contributed by atoms with Crippen molar-refractivity contribution in [3.63, 3.8) is 0 Å². The maximum atomic E-state index is 12.5. The molecule has 1 aromatic carbocycles. The summed E-state index contributed by atoms with van der Waals surface area (Å²) < 4.78 is 19.3. The van der Waals surface area contributed by atoms with Gasteiger partial charge in [-0.3, -0.25) is 9.59 Å². The van der Waals surface area contributed by atoms with Crippen molar-refractivity contribution in [2.45, 2.75) is 114 Å². The number of rotatable bonds is 22. The number of carbonyl (C=O) groups excluding carboxylic acids is 3. The van der Waals surface area contributed by atoms with Crippen LogP contribution < -0.4 is 9.47 Å². The Morgan fingerprint density at radius 1 is 0.983 bits per heavy atom. The van der Waals surface area contributed by atoms with Crippen molar-refractivity contribution in [2.75, 3.05) is 38.9 Å². The molecule has 0 saturated carbocycles. The van der Waals surface area contributed by atoms with E-state index in [9.17, 15) is 14.4 Å². The van der Waals surface area contributed by atoms with Gasteiger partial charge in [-0.1, -0.05) is 43.0 Å². The lowest BCUT2D eigenvalue weighted by molar-refractivity contribution is -0.685. The summed E-state index contributed by atoms with van der Waals surface area (Å²) in [6.45, 7) is 11.4. The number of methoxy groups -OCH3 is 2. The third-order valence-electron chi connectivity index (χ3n) is 11.2. The molecule has 1 fully saturated rings. The highest BCUT2D eigenvalue weighted by Crippen LogP contribution is 2.52. The van der Waals surface area contributed by atoms with Gasteiger partial charge in [-0.25, -0.2) is 14.6 Å².